The fourth-order valence-corrected chi connectivity index (χ4v) is 3.80. The van der Waals surface area contributed by atoms with Gasteiger partial charge in [-0.05, 0) is 49.4 Å². The molecule has 0 saturated heterocycles. The third-order valence-electron chi connectivity index (χ3n) is 4.44. The van der Waals surface area contributed by atoms with Crippen LogP contribution < -0.4 is 5.32 Å². The summed E-state index contributed by atoms with van der Waals surface area (Å²) >= 11 is 1.21. The number of nitrogens with zero attached hydrogens (tertiary/aromatic N) is 1. The van der Waals surface area contributed by atoms with E-state index in [-0.39, 0.29) is 11.3 Å². The van der Waals surface area contributed by atoms with E-state index in [1.54, 1.807) is 42.5 Å². The number of hydrogen-bond acceptors (Lipinski definition) is 5. The van der Waals surface area contributed by atoms with Gasteiger partial charge in [0.25, 0.3) is 5.91 Å². The van der Waals surface area contributed by atoms with E-state index in [4.69, 9.17) is 4.74 Å². The van der Waals surface area contributed by atoms with Crippen LogP contribution in [0.15, 0.2) is 82.6 Å². The lowest BCUT2D eigenvalue weighted by atomic mass is 10.2. The average molecular weight is 470 g/mol. The monoisotopic (exact) mass is 470 g/mol. The Morgan fingerprint density at radius 2 is 1.67 bits per heavy atom. The van der Waals surface area contributed by atoms with Crippen LogP contribution >= 0.6 is 11.8 Å². The van der Waals surface area contributed by atoms with E-state index in [0.717, 1.165) is 12.1 Å². The summed E-state index contributed by atoms with van der Waals surface area (Å²) in [5.41, 5.74) is -0.344. The third kappa shape index (κ3) is 6.14. The summed E-state index contributed by atoms with van der Waals surface area (Å²) in [5.74, 6) is -1.55. The number of hydrogen-bond donors (Lipinski definition) is 1. The number of esters is 1. The van der Waals surface area contributed by atoms with Gasteiger partial charge in [-0.3, -0.25) is 4.79 Å². The van der Waals surface area contributed by atoms with Crippen molar-refractivity contribution < 1.29 is 27.5 Å². The first kappa shape index (κ1) is 23.9. The predicted octanol–water partition coefficient (Wildman–Crippen LogP) is 5.91. The largest absolute Gasteiger partial charge is 0.449 e. The van der Waals surface area contributed by atoms with Crippen LogP contribution in [0.1, 0.15) is 28.4 Å². The van der Waals surface area contributed by atoms with Gasteiger partial charge in [0.2, 0.25) is 0 Å². The molecule has 1 N–H and O–H groups in total. The van der Waals surface area contributed by atoms with Crippen molar-refractivity contribution in [2.45, 2.75) is 29.0 Å². The van der Waals surface area contributed by atoms with Gasteiger partial charge >= 0.3 is 12.1 Å². The zero-order valence-corrected chi connectivity index (χ0v) is 18.0. The minimum Gasteiger partial charge on any atom is -0.449 e. The molecule has 33 heavy (non-hydrogen) atoms. The molecule has 5 nitrogen and oxygen atoms in total. The minimum absolute atomic E-state index is 0.0678. The molecular weight excluding hydrogens is 453 g/mol. The van der Waals surface area contributed by atoms with E-state index in [0.29, 0.717) is 15.4 Å². The molecule has 9 heteroatoms. The number of benzene rings is 3. The van der Waals surface area contributed by atoms with Crippen LogP contribution in [0.5, 0.6) is 0 Å². The van der Waals surface area contributed by atoms with E-state index in [1.807, 2.05) is 0 Å². The maximum atomic E-state index is 12.9. The number of nitrogens with one attached hydrogen (secondary N) is 1. The lowest BCUT2D eigenvalue weighted by Crippen LogP contribution is -2.30. The average Bonchev–Trinajstić information content (AvgIpc) is 2.79. The Balaban J connectivity index is 1.71. The lowest BCUT2D eigenvalue weighted by Gasteiger charge is -2.16. The first-order chi connectivity index (χ1) is 15.7. The number of alkyl halides is 3. The van der Waals surface area contributed by atoms with Crippen molar-refractivity contribution in [3.8, 4) is 6.07 Å². The first-order valence-corrected chi connectivity index (χ1v) is 10.5. The molecule has 0 aliphatic heterocycles. The number of nitriles is 1. The van der Waals surface area contributed by atoms with E-state index in [9.17, 15) is 28.0 Å². The fraction of sp³-hybridized carbons (Fsp3) is 0.125. The van der Waals surface area contributed by atoms with Gasteiger partial charge in [0.1, 0.15) is 6.07 Å². The Kier molecular flexibility index (Phi) is 7.41. The maximum absolute atomic E-state index is 12.9. The van der Waals surface area contributed by atoms with Crippen LogP contribution in [0.25, 0.3) is 0 Å². The second kappa shape index (κ2) is 10.2. The van der Waals surface area contributed by atoms with Crippen molar-refractivity contribution in [1.29, 1.82) is 5.26 Å². The summed E-state index contributed by atoms with van der Waals surface area (Å²) in [6.45, 7) is 1.32. The van der Waals surface area contributed by atoms with E-state index in [1.165, 1.54) is 36.9 Å². The molecule has 0 fully saturated rings. The molecule has 0 saturated carbocycles. The molecule has 0 aromatic heterocycles. The predicted molar refractivity (Wildman–Crippen MR) is 117 cm³/mol. The highest BCUT2D eigenvalue weighted by molar-refractivity contribution is 7.99. The quantitative estimate of drug-likeness (QED) is 0.453. The topological polar surface area (TPSA) is 79.2 Å². The molecule has 0 spiro atoms. The summed E-state index contributed by atoms with van der Waals surface area (Å²) < 4.78 is 43.8. The zero-order chi connectivity index (χ0) is 24.0. The molecule has 3 rings (SSSR count). The van der Waals surface area contributed by atoms with Crippen LogP contribution in [-0.4, -0.2) is 18.0 Å². The number of halogens is 3. The SMILES string of the molecule is CC(OC(=O)c1ccccc1Sc1ccccc1C#N)C(=O)Nc1cccc(C(F)(F)F)c1. The zero-order valence-electron chi connectivity index (χ0n) is 17.2. The van der Waals surface area contributed by atoms with Crippen LogP contribution in [0.4, 0.5) is 18.9 Å². The standard InChI is InChI=1S/C24H17F3N2O3S/c1-15(22(30)29-18-9-6-8-17(13-18)24(25,26)27)32-23(31)19-10-3-5-12-21(19)33-20-11-4-2-7-16(20)14-28/h2-13,15H,1H3,(H,29,30). The second-order valence-electron chi connectivity index (χ2n) is 6.82. The van der Waals surface area contributed by atoms with Gasteiger partial charge in [-0.15, -0.1) is 0 Å². The van der Waals surface area contributed by atoms with Crippen molar-refractivity contribution in [3.05, 3.63) is 89.5 Å². The van der Waals surface area contributed by atoms with Gasteiger partial charge in [-0.1, -0.05) is 42.1 Å². The minimum atomic E-state index is -4.55. The molecular formula is C24H17F3N2O3S. The normalized spacial score (nSPS) is 11.8. The van der Waals surface area contributed by atoms with Crippen molar-refractivity contribution in [3.63, 3.8) is 0 Å². The lowest BCUT2D eigenvalue weighted by molar-refractivity contribution is -0.137. The Morgan fingerprint density at radius 3 is 2.36 bits per heavy atom. The maximum Gasteiger partial charge on any atom is 0.416 e. The van der Waals surface area contributed by atoms with Crippen molar-refractivity contribution >= 4 is 29.3 Å². The van der Waals surface area contributed by atoms with Crippen molar-refractivity contribution in [2.75, 3.05) is 5.32 Å². The molecule has 1 atom stereocenters. The highest BCUT2D eigenvalue weighted by Gasteiger charge is 2.30. The molecule has 0 heterocycles. The molecule has 1 amide bonds. The van der Waals surface area contributed by atoms with Gasteiger partial charge in [-0.2, -0.15) is 18.4 Å². The highest BCUT2D eigenvalue weighted by Crippen LogP contribution is 2.33. The van der Waals surface area contributed by atoms with E-state index >= 15 is 0 Å². The van der Waals surface area contributed by atoms with Crippen LogP contribution in [-0.2, 0) is 15.7 Å². The van der Waals surface area contributed by atoms with Crippen LogP contribution in [0.2, 0.25) is 0 Å². The van der Waals surface area contributed by atoms with E-state index < -0.39 is 29.7 Å². The molecule has 0 radical (unpaired) electrons. The van der Waals surface area contributed by atoms with Gasteiger partial charge in [0.05, 0.1) is 16.7 Å². The Morgan fingerprint density at radius 1 is 1.00 bits per heavy atom. The third-order valence-corrected chi connectivity index (χ3v) is 5.60. The molecule has 0 bridgehead atoms. The molecule has 0 aliphatic rings. The summed E-state index contributed by atoms with van der Waals surface area (Å²) in [4.78, 5) is 26.3. The van der Waals surface area contributed by atoms with Gasteiger partial charge in [0, 0.05) is 15.5 Å². The molecule has 168 valence electrons. The number of amides is 1. The number of carbonyl (C=O) groups is 2. The molecule has 3 aromatic rings. The molecule has 1 unspecified atom stereocenters. The van der Waals surface area contributed by atoms with Crippen LogP contribution in [0.3, 0.4) is 0 Å². The fourth-order valence-electron chi connectivity index (χ4n) is 2.79. The molecule has 0 aliphatic carbocycles. The summed E-state index contributed by atoms with van der Waals surface area (Å²) in [6.07, 6.45) is -5.82. The van der Waals surface area contributed by atoms with Crippen molar-refractivity contribution in [2.24, 2.45) is 0 Å². The Bertz CT molecular complexity index is 1220. The van der Waals surface area contributed by atoms with Gasteiger partial charge in [-0.25, -0.2) is 4.79 Å². The van der Waals surface area contributed by atoms with E-state index in [2.05, 4.69) is 11.4 Å². The van der Waals surface area contributed by atoms with Gasteiger partial charge in [0.15, 0.2) is 6.10 Å². The number of rotatable bonds is 6. The Hall–Kier alpha value is -3.77. The first-order valence-electron chi connectivity index (χ1n) is 9.64. The van der Waals surface area contributed by atoms with Gasteiger partial charge < -0.3 is 10.1 Å². The Labute approximate surface area is 192 Å². The highest BCUT2D eigenvalue weighted by atomic mass is 32.2. The summed E-state index contributed by atoms with van der Waals surface area (Å²) in [5, 5.41) is 11.6. The summed E-state index contributed by atoms with van der Waals surface area (Å²) in [7, 11) is 0. The number of carbonyl (C=O) groups excluding carboxylic acids is 2. The number of ether oxygens (including phenoxy) is 1. The second-order valence-corrected chi connectivity index (χ2v) is 7.91. The molecule has 3 aromatic carbocycles. The smallest absolute Gasteiger partial charge is 0.416 e. The van der Waals surface area contributed by atoms with Crippen LogP contribution in [0, 0.1) is 11.3 Å². The van der Waals surface area contributed by atoms with Crippen molar-refractivity contribution in [1.82, 2.24) is 0 Å². The summed E-state index contributed by atoms with van der Waals surface area (Å²) in [6, 6.07) is 19.7. The number of anilines is 1.